The standard InChI is InChI=1S/C24H29N3O3/c1-18-6-8-19(9-7-18)22(27-17-20-4-2-3-5-21(20)24(27)29)16-23(28)25-10-11-26-12-14-30-15-13-26/h2-9,22H,10-17H2,1H3,(H,25,28). The molecule has 2 aliphatic rings. The number of nitrogens with one attached hydrogen (secondary N) is 1. The van der Waals surface area contributed by atoms with Crippen molar-refractivity contribution >= 4 is 11.8 Å². The molecule has 1 saturated heterocycles. The molecular formula is C24H29N3O3. The molecule has 1 atom stereocenters. The van der Waals surface area contributed by atoms with Crippen molar-refractivity contribution in [1.82, 2.24) is 15.1 Å². The first-order chi connectivity index (χ1) is 14.6. The maximum absolute atomic E-state index is 13.1. The van der Waals surface area contributed by atoms with Gasteiger partial charge in [-0.1, -0.05) is 48.0 Å². The number of carbonyl (C=O) groups is 2. The summed E-state index contributed by atoms with van der Waals surface area (Å²) in [7, 11) is 0. The normalized spacial score (nSPS) is 17.6. The van der Waals surface area contributed by atoms with Crippen molar-refractivity contribution in [3.05, 3.63) is 70.8 Å². The van der Waals surface area contributed by atoms with Gasteiger partial charge in [0.05, 0.1) is 25.7 Å². The minimum absolute atomic E-state index is 0.00251. The maximum atomic E-state index is 13.1. The van der Waals surface area contributed by atoms with Crippen molar-refractivity contribution < 1.29 is 14.3 Å². The molecule has 158 valence electrons. The number of morpholine rings is 1. The van der Waals surface area contributed by atoms with Gasteiger partial charge in [0.2, 0.25) is 5.91 Å². The molecule has 0 saturated carbocycles. The quantitative estimate of drug-likeness (QED) is 0.766. The third kappa shape index (κ3) is 4.71. The highest BCUT2D eigenvalue weighted by atomic mass is 16.5. The molecule has 2 aliphatic heterocycles. The second-order valence-corrected chi connectivity index (χ2v) is 8.02. The van der Waals surface area contributed by atoms with E-state index >= 15 is 0 Å². The van der Waals surface area contributed by atoms with E-state index in [0.717, 1.165) is 55.1 Å². The maximum Gasteiger partial charge on any atom is 0.255 e. The van der Waals surface area contributed by atoms with Crippen LogP contribution in [0.1, 0.15) is 39.5 Å². The number of rotatable bonds is 7. The summed E-state index contributed by atoms with van der Waals surface area (Å²) < 4.78 is 5.36. The predicted octanol–water partition coefficient (Wildman–Crippen LogP) is 2.53. The van der Waals surface area contributed by atoms with Crippen LogP contribution in [0.4, 0.5) is 0 Å². The molecule has 6 nitrogen and oxygen atoms in total. The van der Waals surface area contributed by atoms with Crippen LogP contribution in [-0.4, -0.2) is 61.0 Å². The number of hydrogen-bond donors (Lipinski definition) is 1. The lowest BCUT2D eigenvalue weighted by Gasteiger charge is -2.29. The molecule has 1 fully saturated rings. The highest BCUT2D eigenvalue weighted by molar-refractivity contribution is 5.98. The first kappa shape index (κ1) is 20.6. The van der Waals surface area contributed by atoms with E-state index in [1.807, 2.05) is 60.4 Å². The SMILES string of the molecule is Cc1ccc(C(CC(=O)NCCN2CCOCC2)N2Cc3ccccc3C2=O)cc1. The van der Waals surface area contributed by atoms with Gasteiger partial charge in [0.25, 0.3) is 5.91 Å². The summed E-state index contributed by atoms with van der Waals surface area (Å²) in [5.74, 6) is -0.0325. The van der Waals surface area contributed by atoms with Crippen molar-refractivity contribution in [1.29, 1.82) is 0 Å². The van der Waals surface area contributed by atoms with E-state index in [9.17, 15) is 9.59 Å². The summed E-state index contributed by atoms with van der Waals surface area (Å²) in [4.78, 5) is 30.0. The van der Waals surface area contributed by atoms with E-state index in [-0.39, 0.29) is 24.3 Å². The number of fused-ring (bicyclic) bond motifs is 1. The summed E-state index contributed by atoms with van der Waals surface area (Å²) in [5.41, 5.74) is 3.91. The van der Waals surface area contributed by atoms with Crippen LogP contribution in [-0.2, 0) is 16.1 Å². The molecule has 2 aromatic carbocycles. The zero-order valence-corrected chi connectivity index (χ0v) is 17.5. The molecular weight excluding hydrogens is 378 g/mol. The molecule has 30 heavy (non-hydrogen) atoms. The van der Waals surface area contributed by atoms with Crippen LogP contribution in [0.15, 0.2) is 48.5 Å². The van der Waals surface area contributed by atoms with Crippen molar-refractivity contribution in [2.45, 2.75) is 25.9 Å². The average Bonchev–Trinajstić information content (AvgIpc) is 3.10. The number of carbonyl (C=O) groups excluding carboxylic acids is 2. The topological polar surface area (TPSA) is 61.9 Å². The Balaban J connectivity index is 1.44. The molecule has 0 spiro atoms. The summed E-state index contributed by atoms with van der Waals surface area (Å²) in [6.07, 6.45) is 0.256. The van der Waals surface area contributed by atoms with Gasteiger partial charge >= 0.3 is 0 Å². The Bertz CT molecular complexity index is 891. The first-order valence-corrected chi connectivity index (χ1v) is 10.6. The Kier molecular flexibility index (Phi) is 6.45. The molecule has 1 N–H and O–H groups in total. The van der Waals surface area contributed by atoms with E-state index in [1.54, 1.807) is 0 Å². The van der Waals surface area contributed by atoms with Gasteiger partial charge in [0, 0.05) is 38.3 Å². The average molecular weight is 408 g/mol. The fourth-order valence-corrected chi connectivity index (χ4v) is 4.15. The van der Waals surface area contributed by atoms with E-state index in [0.29, 0.717) is 13.1 Å². The number of ether oxygens (including phenoxy) is 1. The fourth-order valence-electron chi connectivity index (χ4n) is 4.15. The Labute approximate surface area is 177 Å². The van der Waals surface area contributed by atoms with Crippen LogP contribution < -0.4 is 5.32 Å². The number of nitrogens with zero attached hydrogens (tertiary/aromatic N) is 2. The highest BCUT2D eigenvalue weighted by Gasteiger charge is 2.34. The molecule has 4 rings (SSSR count). The molecule has 6 heteroatoms. The van der Waals surface area contributed by atoms with Gasteiger partial charge in [-0.05, 0) is 24.1 Å². The van der Waals surface area contributed by atoms with Gasteiger partial charge in [-0.15, -0.1) is 0 Å². The van der Waals surface area contributed by atoms with E-state index < -0.39 is 0 Å². The van der Waals surface area contributed by atoms with Crippen LogP contribution in [0.3, 0.4) is 0 Å². The molecule has 0 bridgehead atoms. The molecule has 2 aromatic rings. The smallest absolute Gasteiger partial charge is 0.255 e. The van der Waals surface area contributed by atoms with E-state index in [2.05, 4.69) is 10.2 Å². The van der Waals surface area contributed by atoms with Gasteiger partial charge in [-0.3, -0.25) is 14.5 Å². The van der Waals surface area contributed by atoms with Gasteiger partial charge in [-0.25, -0.2) is 0 Å². The lowest BCUT2D eigenvalue weighted by Crippen LogP contribution is -2.42. The summed E-state index contributed by atoms with van der Waals surface area (Å²) >= 11 is 0. The Morgan fingerprint density at radius 1 is 1.10 bits per heavy atom. The third-order valence-corrected chi connectivity index (χ3v) is 5.92. The zero-order chi connectivity index (χ0) is 20.9. The van der Waals surface area contributed by atoms with Crippen LogP contribution in [0.2, 0.25) is 0 Å². The van der Waals surface area contributed by atoms with Gasteiger partial charge in [0.1, 0.15) is 0 Å². The Morgan fingerprint density at radius 3 is 2.57 bits per heavy atom. The van der Waals surface area contributed by atoms with Crippen molar-refractivity contribution in [3.8, 4) is 0 Å². The summed E-state index contributed by atoms with van der Waals surface area (Å²) in [5, 5.41) is 3.04. The van der Waals surface area contributed by atoms with Gasteiger partial charge in [0.15, 0.2) is 0 Å². The number of benzene rings is 2. The van der Waals surface area contributed by atoms with Crippen molar-refractivity contribution in [2.24, 2.45) is 0 Å². The van der Waals surface area contributed by atoms with E-state index in [1.165, 1.54) is 0 Å². The van der Waals surface area contributed by atoms with Gasteiger partial charge < -0.3 is 15.0 Å². The van der Waals surface area contributed by atoms with Crippen LogP contribution in [0.25, 0.3) is 0 Å². The van der Waals surface area contributed by atoms with Crippen LogP contribution in [0, 0.1) is 6.92 Å². The molecule has 2 amide bonds. The highest BCUT2D eigenvalue weighted by Crippen LogP contribution is 2.33. The second kappa shape index (κ2) is 9.41. The minimum Gasteiger partial charge on any atom is -0.379 e. The molecule has 0 aromatic heterocycles. The lowest BCUT2D eigenvalue weighted by atomic mass is 10.00. The fraction of sp³-hybridized carbons (Fsp3) is 0.417. The zero-order valence-electron chi connectivity index (χ0n) is 17.5. The molecule has 2 heterocycles. The summed E-state index contributed by atoms with van der Waals surface area (Å²) in [6.45, 7) is 7.31. The Morgan fingerprint density at radius 2 is 1.83 bits per heavy atom. The predicted molar refractivity (Wildman–Crippen MR) is 115 cm³/mol. The lowest BCUT2D eigenvalue weighted by molar-refractivity contribution is -0.122. The van der Waals surface area contributed by atoms with Crippen LogP contribution >= 0.6 is 0 Å². The minimum atomic E-state index is -0.283. The molecule has 0 aliphatic carbocycles. The number of hydrogen-bond acceptors (Lipinski definition) is 4. The second-order valence-electron chi connectivity index (χ2n) is 8.02. The van der Waals surface area contributed by atoms with Crippen molar-refractivity contribution in [3.63, 3.8) is 0 Å². The molecule has 1 unspecified atom stereocenters. The van der Waals surface area contributed by atoms with Crippen LogP contribution in [0.5, 0.6) is 0 Å². The largest absolute Gasteiger partial charge is 0.379 e. The summed E-state index contributed by atoms with van der Waals surface area (Å²) in [6, 6.07) is 15.5. The number of aryl methyl sites for hydroxylation is 1. The third-order valence-electron chi connectivity index (χ3n) is 5.92. The van der Waals surface area contributed by atoms with E-state index in [4.69, 9.17) is 4.74 Å². The van der Waals surface area contributed by atoms with Crippen molar-refractivity contribution in [2.75, 3.05) is 39.4 Å². The molecule has 0 radical (unpaired) electrons. The number of amides is 2. The Hall–Kier alpha value is -2.70. The van der Waals surface area contributed by atoms with Gasteiger partial charge in [-0.2, -0.15) is 0 Å². The monoisotopic (exact) mass is 407 g/mol. The first-order valence-electron chi connectivity index (χ1n) is 10.6.